The zero-order chi connectivity index (χ0) is 13.0. The molecule has 0 aromatic heterocycles. The molecular weight excluding hydrogens is 226 g/mol. The molecule has 0 bridgehead atoms. The highest BCUT2D eigenvalue weighted by molar-refractivity contribution is 5.80. The van der Waals surface area contributed by atoms with E-state index >= 15 is 0 Å². The summed E-state index contributed by atoms with van der Waals surface area (Å²) in [6, 6.07) is 6.35. The first-order valence-corrected chi connectivity index (χ1v) is 6.41. The molecule has 0 saturated carbocycles. The molecular formula is C15H19NO2. The Bertz CT molecular complexity index is 477. The van der Waals surface area contributed by atoms with Crippen LogP contribution in [0.2, 0.25) is 0 Å². The summed E-state index contributed by atoms with van der Waals surface area (Å²) in [4.78, 5) is 10.5. The molecule has 0 saturated heterocycles. The summed E-state index contributed by atoms with van der Waals surface area (Å²) in [7, 11) is 0. The second kappa shape index (κ2) is 5.71. The van der Waals surface area contributed by atoms with Gasteiger partial charge in [0.1, 0.15) is 0 Å². The number of fused-ring (bicyclic) bond motifs is 1. The minimum atomic E-state index is -0.885. The molecule has 1 aromatic carbocycles. The van der Waals surface area contributed by atoms with E-state index in [1.165, 1.54) is 30.0 Å². The van der Waals surface area contributed by atoms with Gasteiger partial charge in [0.15, 0.2) is 0 Å². The summed E-state index contributed by atoms with van der Waals surface area (Å²) in [5.74, 6) is -0.885. The summed E-state index contributed by atoms with van der Waals surface area (Å²) in [6.45, 7) is 2.42. The number of anilines is 1. The Morgan fingerprint density at radius 2 is 2.17 bits per heavy atom. The van der Waals surface area contributed by atoms with Crippen molar-refractivity contribution in [3.8, 4) is 0 Å². The maximum Gasteiger partial charge on any atom is 0.328 e. The van der Waals surface area contributed by atoms with Gasteiger partial charge in [0.05, 0.1) is 0 Å². The fourth-order valence-corrected chi connectivity index (χ4v) is 2.44. The predicted molar refractivity (Wildman–Crippen MR) is 73.0 cm³/mol. The van der Waals surface area contributed by atoms with E-state index in [0.717, 1.165) is 24.1 Å². The van der Waals surface area contributed by atoms with E-state index in [1.807, 2.05) is 6.92 Å². The van der Waals surface area contributed by atoms with E-state index < -0.39 is 5.97 Å². The number of rotatable bonds is 4. The van der Waals surface area contributed by atoms with Gasteiger partial charge >= 0.3 is 5.97 Å². The molecule has 0 heterocycles. The van der Waals surface area contributed by atoms with E-state index in [0.29, 0.717) is 6.54 Å². The maximum atomic E-state index is 10.5. The Kier molecular flexibility index (Phi) is 4.03. The van der Waals surface area contributed by atoms with Gasteiger partial charge in [0.25, 0.3) is 0 Å². The quantitative estimate of drug-likeness (QED) is 0.802. The largest absolute Gasteiger partial charge is 0.478 e. The van der Waals surface area contributed by atoms with Crippen LogP contribution in [0, 0.1) is 0 Å². The molecule has 3 nitrogen and oxygen atoms in total. The number of carboxylic acid groups (broad SMARTS) is 1. The number of carboxylic acids is 1. The van der Waals surface area contributed by atoms with Gasteiger partial charge in [0.2, 0.25) is 0 Å². The number of carbonyl (C=O) groups is 1. The highest BCUT2D eigenvalue weighted by Crippen LogP contribution is 2.27. The van der Waals surface area contributed by atoms with Crippen LogP contribution in [0.15, 0.2) is 29.8 Å². The summed E-state index contributed by atoms with van der Waals surface area (Å²) < 4.78 is 0. The van der Waals surface area contributed by atoms with Crippen molar-refractivity contribution in [2.75, 3.05) is 11.9 Å². The van der Waals surface area contributed by atoms with Crippen LogP contribution < -0.4 is 5.32 Å². The van der Waals surface area contributed by atoms with Crippen LogP contribution in [0.3, 0.4) is 0 Å². The number of aliphatic carboxylic acids is 1. The second-order valence-corrected chi connectivity index (χ2v) is 4.83. The first kappa shape index (κ1) is 12.7. The van der Waals surface area contributed by atoms with Crippen molar-refractivity contribution in [1.82, 2.24) is 0 Å². The maximum absolute atomic E-state index is 10.5. The van der Waals surface area contributed by atoms with Gasteiger partial charge in [-0.25, -0.2) is 4.79 Å². The minimum absolute atomic E-state index is 0.586. The van der Waals surface area contributed by atoms with Gasteiger partial charge in [-0.3, -0.25) is 0 Å². The van der Waals surface area contributed by atoms with Crippen LogP contribution >= 0.6 is 0 Å². The highest BCUT2D eigenvalue weighted by atomic mass is 16.4. The fourth-order valence-electron chi connectivity index (χ4n) is 2.44. The van der Waals surface area contributed by atoms with Crippen molar-refractivity contribution in [1.29, 1.82) is 0 Å². The van der Waals surface area contributed by atoms with Gasteiger partial charge in [-0.1, -0.05) is 12.1 Å². The number of hydrogen-bond donors (Lipinski definition) is 2. The van der Waals surface area contributed by atoms with Crippen molar-refractivity contribution in [3.63, 3.8) is 0 Å². The smallest absolute Gasteiger partial charge is 0.328 e. The summed E-state index contributed by atoms with van der Waals surface area (Å²) in [5.41, 5.74) is 4.83. The van der Waals surface area contributed by atoms with E-state index in [4.69, 9.17) is 5.11 Å². The summed E-state index contributed by atoms with van der Waals surface area (Å²) in [5, 5.41) is 12.0. The average molecular weight is 245 g/mol. The summed E-state index contributed by atoms with van der Waals surface area (Å²) in [6.07, 6.45) is 6.06. The molecule has 2 N–H and O–H groups in total. The molecule has 0 amide bonds. The third kappa shape index (κ3) is 3.13. The molecule has 2 rings (SSSR count). The highest BCUT2D eigenvalue weighted by Gasteiger charge is 2.12. The van der Waals surface area contributed by atoms with Gasteiger partial charge in [0, 0.05) is 18.3 Å². The molecule has 96 valence electrons. The summed E-state index contributed by atoms with van der Waals surface area (Å²) >= 11 is 0. The van der Waals surface area contributed by atoms with E-state index in [1.54, 1.807) is 0 Å². The van der Waals surface area contributed by atoms with Crippen LogP contribution in [0.4, 0.5) is 5.69 Å². The molecule has 1 aliphatic carbocycles. The molecule has 0 unspecified atom stereocenters. The van der Waals surface area contributed by atoms with Crippen LogP contribution in [-0.4, -0.2) is 17.6 Å². The van der Waals surface area contributed by atoms with Gasteiger partial charge < -0.3 is 10.4 Å². The lowest BCUT2D eigenvalue weighted by molar-refractivity contribution is -0.131. The third-order valence-electron chi connectivity index (χ3n) is 3.32. The lowest BCUT2D eigenvalue weighted by atomic mass is 9.90. The van der Waals surface area contributed by atoms with Crippen molar-refractivity contribution < 1.29 is 9.90 Å². The zero-order valence-corrected chi connectivity index (χ0v) is 10.7. The van der Waals surface area contributed by atoms with Crippen molar-refractivity contribution >= 4 is 11.7 Å². The minimum Gasteiger partial charge on any atom is -0.478 e. The van der Waals surface area contributed by atoms with Gasteiger partial charge in [-0.2, -0.15) is 0 Å². The third-order valence-corrected chi connectivity index (χ3v) is 3.32. The van der Waals surface area contributed by atoms with Crippen LogP contribution in [-0.2, 0) is 17.6 Å². The molecule has 1 aliphatic rings. The second-order valence-electron chi connectivity index (χ2n) is 4.83. The standard InChI is InChI=1S/C15H19NO2/c1-11(9-15(17)18)10-16-14-8-4-6-12-5-2-3-7-13(12)14/h4,6,8-9,16H,2-3,5,7,10H2,1H3,(H,17,18)/b11-9-. The number of nitrogens with one attached hydrogen (secondary N) is 1. The lowest BCUT2D eigenvalue weighted by Gasteiger charge is -2.20. The normalized spacial score (nSPS) is 15.1. The topological polar surface area (TPSA) is 49.3 Å². The van der Waals surface area contributed by atoms with Gasteiger partial charge in [-0.15, -0.1) is 0 Å². The van der Waals surface area contributed by atoms with Crippen LogP contribution in [0.1, 0.15) is 30.9 Å². The average Bonchev–Trinajstić information content (AvgIpc) is 2.35. The monoisotopic (exact) mass is 245 g/mol. The van der Waals surface area contributed by atoms with E-state index in [2.05, 4.69) is 23.5 Å². The molecule has 0 aliphatic heterocycles. The molecule has 0 radical (unpaired) electrons. The Labute approximate surface area is 108 Å². The SMILES string of the molecule is C/C(=C/C(=O)O)CNc1cccc2c1CCCC2. The molecule has 0 fully saturated rings. The number of benzene rings is 1. The first-order valence-electron chi connectivity index (χ1n) is 6.41. The van der Waals surface area contributed by atoms with E-state index in [9.17, 15) is 4.79 Å². The number of aryl methyl sites for hydroxylation is 1. The Hall–Kier alpha value is -1.77. The molecule has 1 aromatic rings. The Morgan fingerprint density at radius 1 is 1.39 bits per heavy atom. The zero-order valence-electron chi connectivity index (χ0n) is 10.7. The van der Waals surface area contributed by atoms with Crippen LogP contribution in [0.5, 0.6) is 0 Å². The number of hydrogen-bond acceptors (Lipinski definition) is 2. The molecule has 3 heteroatoms. The lowest BCUT2D eigenvalue weighted by Crippen LogP contribution is -2.10. The van der Waals surface area contributed by atoms with Crippen molar-refractivity contribution in [3.05, 3.63) is 41.0 Å². The van der Waals surface area contributed by atoms with Crippen LogP contribution in [0.25, 0.3) is 0 Å². The Morgan fingerprint density at radius 3 is 2.94 bits per heavy atom. The fraction of sp³-hybridized carbons (Fsp3) is 0.400. The predicted octanol–water partition coefficient (Wildman–Crippen LogP) is 3.01. The molecule has 0 spiro atoms. The van der Waals surface area contributed by atoms with E-state index in [-0.39, 0.29) is 0 Å². The first-order chi connectivity index (χ1) is 8.66. The molecule has 18 heavy (non-hydrogen) atoms. The van der Waals surface area contributed by atoms with Gasteiger partial charge in [-0.05, 0) is 55.4 Å². The van der Waals surface area contributed by atoms with Crippen molar-refractivity contribution in [2.45, 2.75) is 32.6 Å². The van der Waals surface area contributed by atoms with Crippen molar-refractivity contribution in [2.24, 2.45) is 0 Å². The molecule has 0 atom stereocenters. The Balaban J connectivity index is 2.08.